The summed E-state index contributed by atoms with van der Waals surface area (Å²) in [6.45, 7) is 4.03. The number of aryl methyl sites for hydroxylation is 1. The summed E-state index contributed by atoms with van der Waals surface area (Å²) in [4.78, 5) is 4.04. The van der Waals surface area contributed by atoms with Gasteiger partial charge in [0.15, 0.2) is 0 Å². The van der Waals surface area contributed by atoms with Crippen LogP contribution in [0.3, 0.4) is 0 Å². The minimum absolute atomic E-state index is 0.206. The smallest absolute Gasteiger partial charge is 0.123 e. The molecule has 0 aliphatic rings. The van der Waals surface area contributed by atoms with Gasteiger partial charge in [-0.15, -0.1) is 0 Å². The molecule has 21 heavy (non-hydrogen) atoms. The minimum Gasteiger partial charge on any atom is -0.497 e. The number of methoxy groups -OCH3 is 2. The van der Waals surface area contributed by atoms with Gasteiger partial charge < -0.3 is 19.4 Å². The SMILES string of the molecule is COc1ccc(OC)c(C(C)NCCCn2ccnc2)c1. The molecule has 114 valence electrons. The maximum absolute atomic E-state index is 5.42. The minimum atomic E-state index is 0.206. The third kappa shape index (κ3) is 4.23. The zero-order valence-electron chi connectivity index (χ0n) is 12.9. The van der Waals surface area contributed by atoms with E-state index in [0.717, 1.165) is 36.6 Å². The van der Waals surface area contributed by atoms with Gasteiger partial charge in [-0.25, -0.2) is 4.98 Å². The highest BCUT2D eigenvalue weighted by atomic mass is 16.5. The Balaban J connectivity index is 1.88. The van der Waals surface area contributed by atoms with Crippen LogP contribution >= 0.6 is 0 Å². The maximum atomic E-state index is 5.42. The number of rotatable bonds is 8. The number of hydrogen-bond donors (Lipinski definition) is 1. The van der Waals surface area contributed by atoms with Gasteiger partial charge in [-0.3, -0.25) is 0 Å². The number of hydrogen-bond acceptors (Lipinski definition) is 4. The van der Waals surface area contributed by atoms with Crippen LogP contribution in [0.4, 0.5) is 0 Å². The molecule has 1 atom stereocenters. The summed E-state index contributed by atoms with van der Waals surface area (Å²) in [5, 5.41) is 3.52. The van der Waals surface area contributed by atoms with E-state index in [1.165, 1.54) is 0 Å². The molecule has 0 fully saturated rings. The van der Waals surface area contributed by atoms with Crippen LogP contribution in [-0.4, -0.2) is 30.3 Å². The van der Waals surface area contributed by atoms with Crippen molar-refractivity contribution in [2.24, 2.45) is 0 Å². The first-order chi connectivity index (χ1) is 10.2. The van der Waals surface area contributed by atoms with E-state index >= 15 is 0 Å². The fourth-order valence-electron chi connectivity index (χ4n) is 2.29. The summed E-state index contributed by atoms with van der Waals surface area (Å²) in [5.74, 6) is 1.73. The van der Waals surface area contributed by atoms with Crippen molar-refractivity contribution in [1.29, 1.82) is 0 Å². The molecule has 2 aromatic rings. The second-order valence-corrected chi connectivity index (χ2v) is 4.94. The lowest BCUT2D eigenvalue weighted by molar-refractivity contribution is 0.391. The monoisotopic (exact) mass is 289 g/mol. The topological polar surface area (TPSA) is 48.3 Å². The zero-order valence-corrected chi connectivity index (χ0v) is 12.9. The van der Waals surface area contributed by atoms with Crippen molar-refractivity contribution >= 4 is 0 Å². The molecule has 0 saturated heterocycles. The average molecular weight is 289 g/mol. The number of imidazole rings is 1. The van der Waals surface area contributed by atoms with E-state index in [1.54, 1.807) is 20.4 Å². The van der Waals surface area contributed by atoms with Gasteiger partial charge in [-0.2, -0.15) is 0 Å². The van der Waals surface area contributed by atoms with Crippen molar-refractivity contribution < 1.29 is 9.47 Å². The van der Waals surface area contributed by atoms with Crippen molar-refractivity contribution in [2.45, 2.75) is 25.9 Å². The fraction of sp³-hybridized carbons (Fsp3) is 0.438. The summed E-state index contributed by atoms with van der Waals surface area (Å²) in [6.07, 6.45) is 6.67. The van der Waals surface area contributed by atoms with Crippen LogP contribution in [-0.2, 0) is 6.54 Å². The number of nitrogens with one attached hydrogen (secondary N) is 1. The van der Waals surface area contributed by atoms with Gasteiger partial charge in [0.1, 0.15) is 11.5 Å². The third-order valence-electron chi connectivity index (χ3n) is 3.51. The number of ether oxygens (including phenoxy) is 2. The van der Waals surface area contributed by atoms with Gasteiger partial charge in [0.05, 0.1) is 20.5 Å². The molecule has 0 saturated carbocycles. The highest BCUT2D eigenvalue weighted by Crippen LogP contribution is 2.29. The first kappa shape index (κ1) is 15.4. The summed E-state index contributed by atoms with van der Waals surface area (Å²) in [6, 6.07) is 6.08. The molecule has 5 heteroatoms. The zero-order chi connectivity index (χ0) is 15.1. The van der Waals surface area contributed by atoms with E-state index < -0.39 is 0 Å². The van der Waals surface area contributed by atoms with Gasteiger partial charge >= 0.3 is 0 Å². The van der Waals surface area contributed by atoms with Crippen LogP contribution in [0.25, 0.3) is 0 Å². The lowest BCUT2D eigenvalue weighted by Gasteiger charge is -2.18. The summed E-state index contributed by atoms with van der Waals surface area (Å²) >= 11 is 0. The molecule has 0 radical (unpaired) electrons. The number of nitrogens with zero attached hydrogens (tertiary/aromatic N) is 2. The molecule has 1 N–H and O–H groups in total. The maximum Gasteiger partial charge on any atom is 0.123 e. The van der Waals surface area contributed by atoms with Gasteiger partial charge in [-0.1, -0.05) is 0 Å². The molecule has 2 rings (SSSR count). The van der Waals surface area contributed by atoms with Gasteiger partial charge in [0, 0.05) is 30.5 Å². The first-order valence-electron chi connectivity index (χ1n) is 7.15. The molecule has 0 aliphatic heterocycles. The van der Waals surface area contributed by atoms with E-state index in [4.69, 9.17) is 9.47 Å². The average Bonchev–Trinajstić information content (AvgIpc) is 3.04. The Kier molecular flexibility index (Phi) is 5.63. The summed E-state index contributed by atoms with van der Waals surface area (Å²) in [5.41, 5.74) is 1.11. The van der Waals surface area contributed by atoms with Crippen molar-refractivity contribution in [3.05, 3.63) is 42.5 Å². The fourth-order valence-corrected chi connectivity index (χ4v) is 2.29. The Bertz CT molecular complexity index is 540. The highest BCUT2D eigenvalue weighted by Gasteiger charge is 2.12. The molecule has 5 nitrogen and oxygen atoms in total. The van der Waals surface area contributed by atoms with Crippen molar-refractivity contribution in [3.8, 4) is 11.5 Å². The van der Waals surface area contributed by atoms with Crippen molar-refractivity contribution in [1.82, 2.24) is 14.9 Å². The molecule has 0 aliphatic carbocycles. The van der Waals surface area contributed by atoms with Crippen LogP contribution in [0.2, 0.25) is 0 Å². The molecule has 0 amide bonds. The van der Waals surface area contributed by atoms with E-state index in [9.17, 15) is 0 Å². The molecular weight excluding hydrogens is 266 g/mol. The van der Waals surface area contributed by atoms with Crippen LogP contribution in [0.5, 0.6) is 11.5 Å². The highest BCUT2D eigenvalue weighted by molar-refractivity contribution is 5.42. The van der Waals surface area contributed by atoms with E-state index in [0.29, 0.717) is 0 Å². The quantitative estimate of drug-likeness (QED) is 0.759. The standard InChI is InChI=1S/C16H23N3O2/c1-13(18-7-4-9-19-10-8-17-12-19)15-11-14(20-2)5-6-16(15)21-3/h5-6,8,10-13,18H,4,7,9H2,1-3H3. The number of aromatic nitrogens is 2. The van der Waals surface area contributed by atoms with Crippen LogP contribution in [0.1, 0.15) is 24.9 Å². The van der Waals surface area contributed by atoms with E-state index in [1.807, 2.05) is 30.7 Å². The molecule has 1 unspecified atom stereocenters. The van der Waals surface area contributed by atoms with Gasteiger partial charge in [-0.05, 0) is 38.1 Å². The molecular formula is C16H23N3O2. The largest absolute Gasteiger partial charge is 0.497 e. The first-order valence-corrected chi connectivity index (χ1v) is 7.15. The predicted molar refractivity (Wildman–Crippen MR) is 82.8 cm³/mol. The van der Waals surface area contributed by atoms with Gasteiger partial charge in [0.2, 0.25) is 0 Å². The van der Waals surface area contributed by atoms with Crippen molar-refractivity contribution in [2.75, 3.05) is 20.8 Å². The second kappa shape index (κ2) is 7.69. The number of benzene rings is 1. The third-order valence-corrected chi connectivity index (χ3v) is 3.51. The summed E-state index contributed by atoms with van der Waals surface area (Å²) < 4.78 is 12.8. The Hall–Kier alpha value is -2.01. The normalized spacial score (nSPS) is 12.1. The molecule has 1 aromatic carbocycles. The lowest BCUT2D eigenvalue weighted by Crippen LogP contribution is -2.21. The predicted octanol–water partition coefficient (Wildman–Crippen LogP) is 2.64. The van der Waals surface area contributed by atoms with E-state index in [2.05, 4.69) is 21.8 Å². The summed E-state index contributed by atoms with van der Waals surface area (Å²) in [7, 11) is 3.37. The molecule has 1 heterocycles. The lowest BCUT2D eigenvalue weighted by atomic mass is 10.1. The molecule has 1 aromatic heterocycles. The van der Waals surface area contributed by atoms with Crippen LogP contribution in [0, 0.1) is 0 Å². The Morgan fingerprint density at radius 2 is 2.14 bits per heavy atom. The molecule has 0 spiro atoms. The van der Waals surface area contributed by atoms with Gasteiger partial charge in [0.25, 0.3) is 0 Å². The van der Waals surface area contributed by atoms with E-state index in [-0.39, 0.29) is 6.04 Å². The molecule has 0 bridgehead atoms. The van der Waals surface area contributed by atoms with Crippen LogP contribution in [0.15, 0.2) is 36.9 Å². The Morgan fingerprint density at radius 3 is 2.81 bits per heavy atom. The van der Waals surface area contributed by atoms with Crippen molar-refractivity contribution in [3.63, 3.8) is 0 Å². The Morgan fingerprint density at radius 1 is 1.29 bits per heavy atom. The Labute approximate surface area is 125 Å². The second-order valence-electron chi connectivity index (χ2n) is 4.94. The van der Waals surface area contributed by atoms with Crippen LogP contribution < -0.4 is 14.8 Å².